The molecule has 0 atom stereocenters. The van der Waals surface area contributed by atoms with E-state index in [1.165, 1.54) is 18.2 Å². The summed E-state index contributed by atoms with van der Waals surface area (Å²) in [5.41, 5.74) is 0.966. The van der Waals surface area contributed by atoms with Crippen LogP contribution in [-0.2, 0) is 5.33 Å². The lowest BCUT2D eigenvalue weighted by Crippen LogP contribution is -1.82. The third-order valence-corrected chi connectivity index (χ3v) is 2.30. The van der Waals surface area contributed by atoms with E-state index in [0.29, 0.717) is 22.3 Å². The van der Waals surface area contributed by atoms with Gasteiger partial charge in [-0.2, -0.15) is 0 Å². The number of fused-ring (bicyclic) bond motifs is 1. The molecule has 2 rings (SSSR count). The highest BCUT2D eigenvalue weighted by molar-refractivity contribution is 9.08. The summed E-state index contributed by atoms with van der Waals surface area (Å²) in [7, 11) is 0. The summed E-state index contributed by atoms with van der Waals surface area (Å²) in [6, 6.07) is 4.20. The Labute approximate surface area is 87.1 Å². The standard InChI is InChI=1S/C9H6BrF2NO/c10-4-8-13-6-3-5(9(11)12)1-2-7(6)14-8/h1-3,9H,4H2. The van der Waals surface area contributed by atoms with E-state index in [9.17, 15) is 8.78 Å². The van der Waals surface area contributed by atoms with Gasteiger partial charge in [0.15, 0.2) is 5.58 Å². The first kappa shape index (κ1) is 9.58. The van der Waals surface area contributed by atoms with Gasteiger partial charge in [-0.3, -0.25) is 0 Å². The second kappa shape index (κ2) is 3.65. The number of nitrogens with zero attached hydrogens (tertiary/aromatic N) is 1. The maximum Gasteiger partial charge on any atom is 0.263 e. The van der Waals surface area contributed by atoms with Crippen LogP contribution in [0.3, 0.4) is 0 Å². The Morgan fingerprint density at radius 2 is 2.21 bits per heavy atom. The number of hydrogen-bond donors (Lipinski definition) is 0. The van der Waals surface area contributed by atoms with Crippen LogP contribution in [0.2, 0.25) is 0 Å². The summed E-state index contributed by atoms with van der Waals surface area (Å²) >= 11 is 3.18. The number of aromatic nitrogens is 1. The highest BCUT2D eigenvalue weighted by Gasteiger charge is 2.10. The Morgan fingerprint density at radius 3 is 2.86 bits per heavy atom. The molecule has 1 aromatic carbocycles. The summed E-state index contributed by atoms with van der Waals surface area (Å²) in [5.74, 6) is 0.492. The van der Waals surface area contributed by atoms with E-state index in [0.717, 1.165) is 0 Å². The molecule has 0 fully saturated rings. The Balaban J connectivity index is 2.54. The summed E-state index contributed by atoms with van der Waals surface area (Å²) in [4.78, 5) is 4.03. The monoisotopic (exact) mass is 261 g/mol. The molecule has 0 unspecified atom stereocenters. The Bertz CT molecular complexity index is 455. The van der Waals surface area contributed by atoms with E-state index in [1.807, 2.05) is 0 Å². The van der Waals surface area contributed by atoms with Crippen molar-refractivity contribution in [3.05, 3.63) is 29.7 Å². The molecule has 0 aliphatic rings. The van der Waals surface area contributed by atoms with Crippen LogP contribution >= 0.6 is 15.9 Å². The van der Waals surface area contributed by atoms with Crippen molar-refractivity contribution in [3.63, 3.8) is 0 Å². The van der Waals surface area contributed by atoms with Crippen molar-refractivity contribution >= 4 is 27.0 Å². The Hall–Kier alpha value is -0.970. The van der Waals surface area contributed by atoms with Crippen molar-refractivity contribution in [2.24, 2.45) is 0 Å². The zero-order valence-corrected chi connectivity index (χ0v) is 8.59. The predicted molar refractivity (Wildman–Crippen MR) is 51.6 cm³/mol. The van der Waals surface area contributed by atoms with Crippen molar-refractivity contribution in [2.75, 3.05) is 0 Å². The molecular weight excluding hydrogens is 256 g/mol. The van der Waals surface area contributed by atoms with Crippen LogP contribution in [0.25, 0.3) is 11.1 Å². The molecule has 5 heteroatoms. The van der Waals surface area contributed by atoms with Crippen LogP contribution in [-0.4, -0.2) is 4.98 Å². The van der Waals surface area contributed by atoms with Crippen LogP contribution in [0.1, 0.15) is 17.9 Å². The van der Waals surface area contributed by atoms with E-state index < -0.39 is 6.43 Å². The SMILES string of the molecule is FC(F)c1ccc2oc(CBr)nc2c1. The molecule has 1 aromatic heterocycles. The van der Waals surface area contributed by atoms with Gasteiger partial charge in [-0.1, -0.05) is 15.9 Å². The maximum absolute atomic E-state index is 12.3. The van der Waals surface area contributed by atoms with Crippen LogP contribution in [0.4, 0.5) is 8.78 Å². The number of oxazole rings is 1. The van der Waals surface area contributed by atoms with E-state index >= 15 is 0 Å². The quantitative estimate of drug-likeness (QED) is 0.772. The molecule has 1 heterocycles. The summed E-state index contributed by atoms with van der Waals surface area (Å²) < 4.78 is 29.9. The minimum Gasteiger partial charge on any atom is -0.440 e. The topological polar surface area (TPSA) is 26.0 Å². The smallest absolute Gasteiger partial charge is 0.263 e. The number of hydrogen-bond acceptors (Lipinski definition) is 2. The van der Waals surface area contributed by atoms with Crippen LogP contribution in [0.15, 0.2) is 22.6 Å². The van der Waals surface area contributed by atoms with Crippen LogP contribution in [0, 0.1) is 0 Å². The van der Waals surface area contributed by atoms with Crippen molar-refractivity contribution < 1.29 is 13.2 Å². The first-order valence-corrected chi connectivity index (χ1v) is 5.06. The number of halogens is 3. The second-order valence-electron chi connectivity index (χ2n) is 2.77. The molecule has 74 valence electrons. The van der Waals surface area contributed by atoms with Crippen LogP contribution in [0.5, 0.6) is 0 Å². The van der Waals surface area contributed by atoms with Gasteiger partial charge in [0.05, 0.1) is 5.33 Å². The molecular formula is C9H6BrF2NO. The minimum atomic E-state index is -2.47. The first-order valence-electron chi connectivity index (χ1n) is 3.94. The average molecular weight is 262 g/mol. The number of benzene rings is 1. The molecule has 0 N–H and O–H groups in total. The van der Waals surface area contributed by atoms with Gasteiger partial charge in [0, 0.05) is 5.56 Å². The van der Waals surface area contributed by atoms with Gasteiger partial charge < -0.3 is 4.42 Å². The van der Waals surface area contributed by atoms with E-state index in [-0.39, 0.29) is 5.56 Å². The van der Waals surface area contributed by atoms with Gasteiger partial charge in [-0.25, -0.2) is 13.8 Å². The van der Waals surface area contributed by atoms with Gasteiger partial charge in [0.2, 0.25) is 5.89 Å². The zero-order chi connectivity index (χ0) is 10.1. The lowest BCUT2D eigenvalue weighted by molar-refractivity contribution is 0.151. The summed E-state index contributed by atoms with van der Waals surface area (Å²) in [6.45, 7) is 0. The molecule has 0 bridgehead atoms. The number of rotatable bonds is 2. The van der Waals surface area contributed by atoms with E-state index in [4.69, 9.17) is 4.42 Å². The zero-order valence-electron chi connectivity index (χ0n) is 7.01. The fourth-order valence-corrected chi connectivity index (χ4v) is 1.42. The summed E-state index contributed by atoms with van der Waals surface area (Å²) in [6.07, 6.45) is -2.47. The highest BCUT2D eigenvalue weighted by atomic mass is 79.9. The molecule has 0 saturated heterocycles. The Morgan fingerprint density at radius 1 is 1.43 bits per heavy atom. The van der Waals surface area contributed by atoms with Gasteiger partial charge >= 0.3 is 0 Å². The lowest BCUT2D eigenvalue weighted by atomic mass is 10.2. The van der Waals surface area contributed by atoms with E-state index in [2.05, 4.69) is 20.9 Å². The van der Waals surface area contributed by atoms with Crippen molar-refractivity contribution in [1.82, 2.24) is 4.98 Å². The molecule has 14 heavy (non-hydrogen) atoms. The predicted octanol–water partition coefficient (Wildman–Crippen LogP) is 3.66. The molecule has 0 radical (unpaired) electrons. The van der Waals surface area contributed by atoms with Gasteiger partial charge in [-0.05, 0) is 18.2 Å². The minimum absolute atomic E-state index is 0.0353. The van der Waals surface area contributed by atoms with Crippen LogP contribution < -0.4 is 0 Å². The fourth-order valence-electron chi connectivity index (χ4n) is 1.19. The van der Waals surface area contributed by atoms with Gasteiger partial charge in [0.25, 0.3) is 6.43 Å². The van der Waals surface area contributed by atoms with Gasteiger partial charge in [-0.15, -0.1) is 0 Å². The molecule has 0 amide bonds. The largest absolute Gasteiger partial charge is 0.440 e. The fraction of sp³-hybridized carbons (Fsp3) is 0.222. The molecule has 0 spiro atoms. The summed E-state index contributed by atoms with van der Waals surface area (Å²) in [5, 5.41) is 0.478. The number of alkyl halides is 3. The lowest BCUT2D eigenvalue weighted by Gasteiger charge is -1.96. The molecule has 2 aromatic rings. The maximum atomic E-state index is 12.3. The van der Waals surface area contributed by atoms with E-state index in [1.54, 1.807) is 0 Å². The Kier molecular flexibility index (Phi) is 2.50. The highest BCUT2D eigenvalue weighted by Crippen LogP contribution is 2.24. The molecule has 0 aliphatic heterocycles. The first-order chi connectivity index (χ1) is 6.70. The van der Waals surface area contributed by atoms with Crippen molar-refractivity contribution in [3.8, 4) is 0 Å². The van der Waals surface area contributed by atoms with Crippen molar-refractivity contribution in [2.45, 2.75) is 11.8 Å². The molecule has 0 aliphatic carbocycles. The third-order valence-electron chi connectivity index (χ3n) is 1.82. The third kappa shape index (κ3) is 1.64. The molecule has 0 saturated carbocycles. The van der Waals surface area contributed by atoms with Crippen molar-refractivity contribution in [1.29, 1.82) is 0 Å². The normalized spacial score (nSPS) is 11.4. The average Bonchev–Trinajstić information content (AvgIpc) is 2.58. The second-order valence-corrected chi connectivity index (χ2v) is 3.33. The van der Waals surface area contributed by atoms with Gasteiger partial charge in [0.1, 0.15) is 5.52 Å². The molecule has 2 nitrogen and oxygen atoms in total.